The molecule has 7 heteroatoms. The second-order valence-corrected chi connectivity index (χ2v) is 9.12. The zero-order valence-corrected chi connectivity index (χ0v) is 20.1. The zero-order valence-electron chi connectivity index (χ0n) is 17.7. The number of halogens is 1. The molecule has 0 saturated carbocycles. The molecule has 1 aliphatic heterocycles. The molecule has 0 spiro atoms. The number of hydrogen-bond acceptors (Lipinski definition) is 3. The minimum absolute atomic E-state index is 0.0909. The quantitative estimate of drug-likeness (QED) is 0.355. The lowest BCUT2D eigenvalue weighted by molar-refractivity contribution is 0.548. The van der Waals surface area contributed by atoms with Crippen molar-refractivity contribution in [2.24, 2.45) is 0 Å². The average Bonchev–Trinajstić information content (AvgIpc) is 3.36. The Morgan fingerprint density at radius 3 is 2.56 bits per heavy atom. The fourth-order valence-corrected chi connectivity index (χ4v) is 4.93. The number of nitrogens with zero attached hydrogens (tertiary/aromatic N) is 4. The van der Waals surface area contributed by atoms with Gasteiger partial charge in [-0.1, -0.05) is 22.0 Å². The van der Waals surface area contributed by atoms with E-state index in [9.17, 15) is 0 Å². The lowest BCUT2D eigenvalue weighted by atomic mass is 10.0. The summed E-state index contributed by atoms with van der Waals surface area (Å²) in [4.78, 5) is 11.2. The molecule has 2 atom stereocenters. The van der Waals surface area contributed by atoms with Gasteiger partial charge in [0.25, 0.3) is 0 Å². The molecule has 0 bridgehead atoms. The summed E-state index contributed by atoms with van der Waals surface area (Å²) in [6.07, 6.45) is 5.51. The fourth-order valence-electron chi connectivity index (χ4n) is 4.34. The van der Waals surface area contributed by atoms with Crippen molar-refractivity contribution in [2.45, 2.75) is 25.9 Å². The summed E-state index contributed by atoms with van der Waals surface area (Å²) in [5.74, 6) is 0. The molecule has 160 valence electrons. The van der Waals surface area contributed by atoms with E-state index in [1.54, 1.807) is 6.20 Å². The Bertz CT molecular complexity index is 1270. The first-order chi connectivity index (χ1) is 15.5. The Kier molecular flexibility index (Phi) is 5.53. The molecule has 32 heavy (non-hydrogen) atoms. The van der Waals surface area contributed by atoms with E-state index in [1.807, 2.05) is 36.7 Å². The number of aryl methyl sites for hydroxylation is 2. The van der Waals surface area contributed by atoms with E-state index in [4.69, 9.17) is 12.2 Å². The molecular formula is C25H22BrN5S. The van der Waals surface area contributed by atoms with Crippen LogP contribution in [-0.4, -0.2) is 19.6 Å². The van der Waals surface area contributed by atoms with Crippen LogP contribution in [0, 0.1) is 13.8 Å². The summed E-state index contributed by atoms with van der Waals surface area (Å²) in [5, 5.41) is 4.23. The number of aromatic nitrogens is 3. The highest BCUT2D eigenvalue weighted by Crippen LogP contribution is 2.43. The lowest BCUT2D eigenvalue weighted by Crippen LogP contribution is -2.30. The highest BCUT2D eigenvalue weighted by molar-refractivity contribution is 9.10. The number of hydrogen-bond donors (Lipinski definition) is 1. The summed E-state index contributed by atoms with van der Waals surface area (Å²) < 4.78 is 3.33. The molecule has 5 nitrogen and oxygen atoms in total. The van der Waals surface area contributed by atoms with E-state index < -0.39 is 0 Å². The van der Waals surface area contributed by atoms with Crippen LogP contribution in [0.5, 0.6) is 0 Å². The van der Waals surface area contributed by atoms with Gasteiger partial charge in [-0.15, -0.1) is 0 Å². The Morgan fingerprint density at radius 2 is 1.84 bits per heavy atom. The predicted molar refractivity (Wildman–Crippen MR) is 135 cm³/mol. The average molecular weight is 504 g/mol. The highest BCUT2D eigenvalue weighted by atomic mass is 79.9. The van der Waals surface area contributed by atoms with Crippen LogP contribution in [0.1, 0.15) is 34.7 Å². The molecule has 4 heterocycles. The first-order valence-corrected chi connectivity index (χ1v) is 11.6. The van der Waals surface area contributed by atoms with E-state index in [-0.39, 0.29) is 12.1 Å². The van der Waals surface area contributed by atoms with E-state index in [1.165, 1.54) is 0 Å². The summed E-state index contributed by atoms with van der Waals surface area (Å²) in [6, 6.07) is 20.5. The molecule has 2 unspecified atom stereocenters. The number of anilines is 1. The van der Waals surface area contributed by atoms with Crippen LogP contribution in [0.4, 0.5) is 5.69 Å². The van der Waals surface area contributed by atoms with Crippen molar-refractivity contribution < 1.29 is 0 Å². The molecule has 1 saturated heterocycles. The van der Waals surface area contributed by atoms with Crippen molar-refractivity contribution >= 4 is 38.9 Å². The summed E-state index contributed by atoms with van der Waals surface area (Å²) in [7, 11) is 0. The van der Waals surface area contributed by atoms with Crippen LogP contribution in [0.3, 0.4) is 0 Å². The van der Waals surface area contributed by atoms with Gasteiger partial charge in [0.2, 0.25) is 0 Å². The molecule has 1 aliphatic rings. The Morgan fingerprint density at radius 1 is 0.969 bits per heavy atom. The second-order valence-electron chi connectivity index (χ2n) is 7.88. The van der Waals surface area contributed by atoms with E-state index in [0.717, 1.165) is 38.5 Å². The third-order valence-electron chi connectivity index (χ3n) is 5.83. The summed E-state index contributed by atoms with van der Waals surface area (Å²) >= 11 is 9.49. The van der Waals surface area contributed by atoms with Gasteiger partial charge in [0.15, 0.2) is 5.11 Å². The molecule has 1 aromatic carbocycles. The van der Waals surface area contributed by atoms with Gasteiger partial charge in [-0.05, 0) is 86.2 Å². The van der Waals surface area contributed by atoms with Crippen molar-refractivity contribution in [3.63, 3.8) is 0 Å². The Hall–Kier alpha value is -3.03. The number of benzene rings is 1. The van der Waals surface area contributed by atoms with Crippen molar-refractivity contribution in [3.05, 3.63) is 106 Å². The molecule has 4 aromatic rings. The van der Waals surface area contributed by atoms with Crippen molar-refractivity contribution in [2.75, 3.05) is 4.90 Å². The lowest BCUT2D eigenvalue weighted by Gasteiger charge is -2.29. The molecule has 0 aliphatic carbocycles. The molecule has 0 radical (unpaired) electrons. The molecular weight excluding hydrogens is 482 g/mol. The number of rotatable bonds is 4. The van der Waals surface area contributed by atoms with Gasteiger partial charge in [-0.2, -0.15) is 0 Å². The van der Waals surface area contributed by atoms with Crippen molar-refractivity contribution in [3.8, 4) is 5.69 Å². The van der Waals surface area contributed by atoms with E-state index in [0.29, 0.717) is 5.11 Å². The molecule has 5 rings (SSSR count). The maximum atomic E-state index is 5.87. The third kappa shape index (κ3) is 3.61. The minimum Gasteiger partial charge on any atom is -0.351 e. The number of nitrogens with one attached hydrogen (secondary N) is 1. The van der Waals surface area contributed by atoms with Crippen molar-refractivity contribution in [1.82, 2.24) is 19.9 Å². The van der Waals surface area contributed by atoms with Crippen LogP contribution < -0.4 is 10.2 Å². The van der Waals surface area contributed by atoms with Gasteiger partial charge in [-0.25, -0.2) is 0 Å². The smallest absolute Gasteiger partial charge is 0.174 e. The standard InChI is InChI=1S/C25H22BrN5S/c1-16-14-18(9-10-20(16)26)31-24(23(29-25(31)32)21-7-3-4-13-28-21)22-11-8-17(2)30(22)19-6-5-12-27-15-19/h3-15,23-24H,1-2H3,(H,29,32). The van der Waals surface area contributed by atoms with Gasteiger partial charge < -0.3 is 14.8 Å². The maximum Gasteiger partial charge on any atom is 0.174 e. The topological polar surface area (TPSA) is 46.0 Å². The van der Waals surface area contributed by atoms with Crippen LogP contribution >= 0.6 is 28.1 Å². The molecule has 3 aromatic heterocycles. The molecule has 1 fully saturated rings. The van der Waals surface area contributed by atoms with Gasteiger partial charge in [0, 0.05) is 33.9 Å². The van der Waals surface area contributed by atoms with Gasteiger partial charge in [-0.3, -0.25) is 9.97 Å². The maximum absolute atomic E-state index is 5.87. The largest absolute Gasteiger partial charge is 0.351 e. The zero-order chi connectivity index (χ0) is 22.2. The van der Waals surface area contributed by atoms with E-state index >= 15 is 0 Å². The molecule has 1 N–H and O–H groups in total. The number of pyridine rings is 2. The normalized spacial score (nSPS) is 18.1. The van der Waals surface area contributed by atoms with Crippen LogP contribution in [-0.2, 0) is 0 Å². The summed E-state index contributed by atoms with van der Waals surface area (Å²) in [6.45, 7) is 4.20. The van der Waals surface area contributed by atoms with Crippen LogP contribution in [0.15, 0.2) is 83.7 Å². The van der Waals surface area contributed by atoms with Crippen LogP contribution in [0.25, 0.3) is 5.69 Å². The SMILES string of the molecule is Cc1cc(N2C(=S)NC(c3ccccn3)C2c2ccc(C)n2-c2cccnc2)ccc1Br. The van der Waals surface area contributed by atoms with Gasteiger partial charge in [0.1, 0.15) is 6.04 Å². The third-order valence-corrected chi connectivity index (χ3v) is 7.04. The Labute approximate surface area is 201 Å². The van der Waals surface area contributed by atoms with E-state index in [2.05, 4.69) is 90.9 Å². The highest BCUT2D eigenvalue weighted by Gasteiger charge is 2.42. The number of thiocarbonyl (C=S) groups is 1. The van der Waals surface area contributed by atoms with Gasteiger partial charge >= 0.3 is 0 Å². The first kappa shape index (κ1) is 20.8. The Balaban J connectivity index is 1.71. The monoisotopic (exact) mass is 503 g/mol. The summed E-state index contributed by atoms with van der Waals surface area (Å²) in [5.41, 5.74) is 6.44. The second kappa shape index (κ2) is 8.48. The fraction of sp³-hybridized carbons (Fsp3) is 0.160. The van der Waals surface area contributed by atoms with Crippen LogP contribution in [0.2, 0.25) is 0 Å². The predicted octanol–water partition coefficient (Wildman–Crippen LogP) is 5.82. The first-order valence-electron chi connectivity index (χ1n) is 10.4. The van der Waals surface area contributed by atoms with Gasteiger partial charge in [0.05, 0.1) is 23.6 Å². The molecule has 0 amide bonds. The minimum atomic E-state index is -0.0997. The van der Waals surface area contributed by atoms with Crippen molar-refractivity contribution in [1.29, 1.82) is 0 Å².